The van der Waals surface area contributed by atoms with Gasteiger partial charge in [0.1, 0.15) is 0 Å². The lowest BCUT2D eigenvalue weighted by molar-refractivity contribution is 0.0186. The molecule has 0 aromatic carbocycles. The first-order valence-electron chi connectivity index (χ1n) is 8.00. The minimum atomic E-state index is 0.338. The molecule has 1 unspecified atom stereocenters. The predicted octanol–water partition coefficient (Wildman–Crippen LogP) is 3.88. The molecule has 0 radical (unpaired) electrons. The van der Waals surface area contributed by atoms with Gasteiger partial charge in [0.2, 0.25) is 0 Å². The maximum atomic E-state index is 3.92. The zero-order chi connectivity index (χ0) is 14.2. The first kappa shape index (κ1) is 14.6. The van der Waals surface area contributed by atoms with Crippen molar-refractivity contribution in [2.45, 2.75) is 64.6 Å². The summed E-state index contributed by atoms with van der Waals surface area (Å²) in [6, 6.07) is 5.10. The summed E-state index contributed by atoms with van der Waals surface area (Å²) in [5, 5.41) is 6.13. The molecular weight excluding hydrogens is 264 g/mol. The first-order chi connectivity index (χ1) is 9.49. The fourth-order valence-corrected chi connectivity index (χ4v) is 4.74. The molecule has 2 aliphatic rings. The third-order valence-corrected chi connectivity index (χ3v) is 5.98. The summed E-state index contributed by atoms with van der Waals surface area (Å²) in [4.78, 5) is 4.27. The van der Waals surface area contributed by atoms with Crippen LogP contribution in [0.2, 0.25) is 0 Å². The third-order valence-electron chi connectivity index (χ3n) is 5.12. The molecule has 2 nitrogen and oxygen atoms in total. The smallest absolute Gasteiger partial charge is 0.0332 e. The molecule has 1 saturated carbocycles. The first-order valence-corrected chi connectivity index (χ1v) is 8.88. The summed E-state index contributed by atoms with van der Waals surface area (Å²) < 4.78 is 0. The Morgan fingerprint density at radius 3 is 2.70 bits per heavy atom. The lowest BCUT2D eigenvalue weighted by atomic mass is 9.81. The van der Waals surface area contributed by atoms with Crippen LogP contribution in [0, 0.1) is 5.41 Å². The monoisotopic (exact) mass is 292 g/mol. The van der Waals surface area contributed by atoms with Gasteiger partial charge < -0.3 is 5.32 Å². The molecule has 1 N–H and O–H groups in total. The van der Waals surface area contributed by atoms with E-state index in [0.29, 0.717) is 17.0 Å². The van der Waals surface area contributed by atoms with Crippen molar-refractivity contribution in [3.8, 4) is 0 Å². The molecule has 2 fully saturated rings. The second-order valence-corrected chi connectivity index (χ2v) is 8.77. The minimum Gasteiger partial charge on any atom is -0.308 e. The van der Waals surface area contributed by atoms with Gasteiger partial charge in [0, 0.05) is 36.1 Å². The van der Waals surface area contributed by atoms with Crippen LogP contribution in [0.4, 0.5) is 0 Å². The molecule has 1 aromatic rings. The summed E-state index contributed by atoms with van der Waals surface area (Å²) in [7, 11) is 0. The molecule has 1 spiro atoms. The van der Waals surface area contributed by atoms with Crippen molar-refractivity contribution in [1.29, 1.82) is 0 Å². The van der Waals surface area contributed by atoms with Crippen LogP contribution in [0.15, 0.2) is 17.5 Å². The highest BCUT2D eigenvalue weighted by molar-refractivity contribution is 7.09. The van der Waals surface area contributed by atoms with Crippen molar-refractivity contribution in [1.82, 2.24) is 10.2 Å². The van der Waals surface area contributed by atoms with Gasteiger partial charge >= 0.3 is 0 Å². The molecule has 3 heteroatoms. The Morgan fingerprint density at radius 1 is 1.35 bits per heavy atom. The van der Waals surface area contributed by atoms with Crippen LogP contribution in [0.25, 0.3) is 0 Å². The van der Waals surface area contributed by atoms with Gasteiger partial charge in [-0.3, -0.25) is 4.90 Å². The molecule has 3 rings (SSSR count). The standard InChI is InChI=1S/C17H28N2S/c1-16(2,3)15-11-18-17(8-4-5-9-17)13-19(15)12-14-7-6-10-20-14/h6-7,10,15,18H,4-5,8-9,11-13H2,1-3H3. The largest absolute Gasteiger partial charge is 0.308 e. The highest BCUT2D eigenvalue weighted by Gasteiger charge is 2.44. The van der Waals surface area contributed by atoms with Crippen LogP contribution in [-0.2, 0) is 6.54 Å². The quantitative estimate of drug-likeness (QED) is 0.890. The minimum absolute atomic E-state index is 0.338. The number of rotatable bonds is 2. The normalized spacial score (nSPS) is 27.2. The highest BCUT2D eigenvalue weighted by Crippen LogP contribution is 2.37. The van der Waals surface area contributed by atoms with Gasteiger partial charge in [-0.15, -0.1) is 11.3 Å². The van der Waals surface area contributed by atoms with Gasteiger partial charge in [-0.25, -0.2) is 0 Å². The van der Waals surface area contributed by atoms with E-state index in [0.717, 1.165) is 13.1 Å². The zero-order valence-corrected chi connectivity index (χ0v) is 13.9. The molecule has 1 aliphatic heterocycles. The van der Waals surface area contributed by atoms with Gasteiger partial charge in [-0.2, -0.15) is 0 Å². The number of hydrogen-bond donors (Lipinski definition) is 1. The van der Waals surface area contributed by atoms with E-state index in [4.69, 9.17) is 0 Å². The lowest BCUT2D eigenvalue weighted by Gasteiger charge is -2.50. The number of nitrogens with one attached hydrogen (secondary N) is 1. The summed E-state index contributed by atoms with van der Waals surface area (Å²) in [6.45, 7) is 10.7. The Balaban J connectivity index is 1.78. The maximum Gasteiger partial charge on any atom is 0.0332 e. The molecule has 2 heterocycles. The van der Waals surface area contributed by atoms with E-state index >= 15 is 0 Å². The van der Waals surface area contributed by atoms with Crippen molar-refractivity contribution in [3.05, 3.63) is 22.4 Å². The second kappa shape index (κ2) is 5.43. The molecule has 1 aromatic heterocycles. The molecule has 20 heavy (non-hydrogen) atoms. The van der Waals surface area contributed by atoms with E-state index in [1.54, 1.807) is 0 Å². The van der Waals surface area contributed by atoms with E-state index in [1.807, 2.05) is 11.3 Å². The van der Waals surface area contributed by atoms with E-state index in [-0.39, 0.29) is 0 Å². The van der Waals surface area contributed by atoms with Gasteiger partial charge in [-0.05, 0) is 29.7 Å². The van der Waals surface area contributed by atoms with Crippen molar-refractivity contribution in [3.63, 3.8) is 0 Å². The number of hydrogen-bond acceptors (Lipinski definition) is 3. The van der Waals surface area contributed by atoms with Crippen molar-refractivity contribution < 1.29 is 0 Å². The van der Waals surface area contributed by atoms with E-state index in [9.17, 15) is 0 Å². The SMILES string of the molecule is CC(C)(C)C1CNC2(CCCC2)CN1Cc1cccs1. The Morgan fingerprint density at radius 2 is 2.10 bits per heavy atom. The Kier molecular flexibility index (Phi) is 3.95. The van der Waals surface area contributed by atoms with Gasteiger partial charge in [0.05, 0.1) is 0 Å². The zero-order valence-electron chi connectivity index (χ0n) is 13.1. The molecule has 112 valence electrons. The average molecular weight is 292 g/mol. The number of piperazine rings is 1. The van der Waals surface area contributed by atoms with Crippen LogP contribution in [0.5, 0.6) is 0 Å². The summed E-state index contributed by atoms with van der Waals surface area (Å²) in [6.07, 6.45) is 5.54. The van der Waals surface area contributed by atoms with Crippen molar-refractivity contribution in [2.75, 3.05) is 13.1 Å². The van der Waals surface area contributed by atoms with E-state index in [2.05, 4.69) is 48.5 Å². The van der Waals surface area contributed by atoms with Crippen LogP contribution in [0.3, 0.4) is 0 Å². The van der Waals surface area contributed by atoms with Crippen molar-refractivity contribution >= 4 is 11.3 Å². The lowest BCUT2D eigenvalue weighted by Crippen LogP contribution is -2.65. The topological polar surface area (TPSA) is 15.3 Å². The number of nitrogens with zero attached hydrogens (tertiary/aromatic N) is 1. The molecule has 0 bridgehead atoms. The Labute approximate surface area is 127 Å². The number of thiophene rings is 1. The predicted molar refractivity (Wildman–Crippen MR) is 87.2 cm³/mol. The van der Waals surface area contributed by atoms with E-state index in [1.165, 1.54) is 37.1 Å². The highest BCUT2D eigenvalue weighted by atomic mass is 32.1. The molecule has 1 saturated heterocycles. The summed E-state index contributed by atoms with van der Waals surface area (Å²) in [5.74, 6) is 0. The fraction of sp³-hybridized carbons (Fsp3) is 0.765. The molecule has 0 amide bonds. The van der Waals surface area contributed by atoms with Crippen LogP contribution in [0.1, 0.15) is 51.3 Å². The van der Waals surface area contributed by atoms with Gasteiger partial charge in [0.25, 0.3) is 0 Å². The van der Waals surface area contributed by atoms with E-state index < -0.39 is 0 Å². The maximum absolute atomic E-state index is 3.92. The summed E-state index contributed by atoms with van der Waals surface area (Å²) >= 11 is 1.90. The van der Waals surface area contributed by atoms with Gasteiger partial charge in [0.15, 0.2) is 0 Å². The molecular formula is C17H28N2S. The Bertz CT molecular complexity index is 426. The fourth-order valence-electron chi connectivity index (χ4n) is 4.01. The molecule has 1 aliphatic carbocycles. The molecule has 1 atom stereocenters. The summed E-state index contributed by atoms with van der Waals surface area (Å²) in [5.41, 5.74) is 0.753. The second-order valence-electron chi connectivity index (χ2n) is 7.73. The van der Waals surface area contributed by atoms with Crippen LogP contribution in [-0.4, -0.2) is 29.6 Å². The average Bonchev–Trinajstić information content (AvgIpc) is 3.00. The third kappa shape index (κ3) is 2.95. The van der Waals surface area contributed by atoms with Crippen molar-refractivity contribution in [2.24, 2.45) is 5.41 Å². The Hall–Kier alpha value is -0.380. The van der Waals surface area contributed by atoms with Gasteiger partial charge in [-0.1, -0.05) is 39.7 Å². The van der Waals surface area contributed by atoms with Crippen LogP contribution >= 0.6 is 11.3 Å². The van der Waals surface area contributed by atoms with Crippen LogP contribution < -0.4 is 5.32 Å².